The molecule has 0 aromatic rings. The van der Waals surface area contributed by atoms with Crippen molar-refractivity contribution >= 4 is 0 Å². The van der Waals surface area contributed by atoms with Crippen LogP contribution in [0.1, 0.15) is 52.9 Å². The Kier molecular flexibility index (Phi) is 32.8. The summed E-state index contributed by atoms with van der Waals surface area (Å²) in [6, 6.07) is 0. The van der Waals surface area contributed by atoms with Crippen molar-refractivity contribution in [2.24, 2.45) is 0 Å². The quantitative estimate of drug-likeness (QED) is 0.645. The van der Waals surface area contributed by atoms with Gasteiger partial charge in [0.15, 0.2) is 0 Å². The lowest BCUT2D eigenvalue weighted by atomic mass is 10.1. The van der Waals surface area contributed by atoms with E-state index in [4.69, 9.17) is 4.74 Å². The molecule has 0 aliphatic heterocycles. The molecule has 18 heavy (non-hydrogen) atoms. The lowest BCUT2D eigenvalue weighted by Crippen LogP contribution is -2.16. The summed E-state index contributed by atoms with van der Waals surface area (Å²) in [6.45, 7) is 9.27. The summed E-state index contributed by atoms with van der Waals surface area (Å²) < 4.78 is 4.81. The van der Waals surface area contributed by atoms with E-state index < -0.39 is 0 Å². The fourth-order valence-corrected chi connectivity index (χ4v) is 1.18. The van der Waals surface area contributed by atoms with Crippen LogP contribution in [-0.4, -0.2) is 52.8 Å². The minimum absolute atomic E-state index is 0.826. The first kappa shape index (κ1) is 23.0. The van der Waals surface area contributed by atoms with E-state index in [0.29, 0.717) is 0 Å². The molecule has 0 saturated heterocycles. The highest BCUT2D eigenvalue weighted by atomic mass is 16.5. The van der Waals surface area contributed by atoms with Crippen molar-refractivity contribution in [3.8, 4) is 0 Å². The molecule has 0 saturated carbocycles. The molecular formula is C15H38N2O. The van der Waals surface area contributed by atoms with Crippen LogP contribution in [0.3, 0.4) is 0 Å². The number of hydrogen-bond acceptors (Lipinski definition) is 3. The molecule has 0 bridgehead atoms. The highest BCUT2D eigenvalue weighted by molar-refractivity contribution is 4.43. The third-order valence-electron chi connectivity index (χ3n) is 2.27. The molecule has 0 aliphatic carbocycles. The summed E-state index contributed by atoms with van der Waals surface area (Å²) in [5, 5.41) is 3.14. The molecule has 0 aromatic carbocycles. The Labute approximate surface area is 116 Å². The number of hydrogen-bond donors (Lipinski definition) is 1. The normalized spacial score (nSPS) is 9.33. The molecule has 0 aromatic heterocycles. The lowest BCUT2D eigenvalue weighted by molar-refractivity contribution is 0.172. The summed E-state index contributed by atoms with van der Waals surface area (Å²) in [5.41, 5.74) is 0. The van der Waals surface area contributed by atoms with E-state index in [9.17, 15) is 0 Å². The standard InChI is InChI=1S/C8H19N.C5H13NO.C2H6/c1-3-4-5-6-7-8-9-2;1-6(2)4-5-7-3;1-2/h9H,3-8H2,1-2H3;4-5H2,1-3H3;1-2H3. The molecule has 0 fully saturated rings. The SMILES string of the molecule is CC.CCCCCCCNC.COCCN(C)C. The fourth-order valence-electron chi connectivity index (χ4n) is 1.18. The number of rotatable bonds is 9. The molecule has 0 aliphatic rings. The molecule has 0 heterocycles. The van der Waals surface area contributed by atoms with Gasteiger partial charge in [-0.25, -0.2) is 0 Å². The Hall–Kier alpha value is -0.120. The second kappa shape index (κ2) is 25.7. The van der Waals surface area contributed by atoms with E-state index in [1.165, 1.54) is 38.6 Å². The molecule has 0 rings (SSSR count). The monoisotopic (exact) mass is 262 g/mol. The number of ether oxygens (including phenoxy) is 1. The average molecular weight is 262 g/mol. The van der Waals surface area contributed by atoms with Gasteiger partial charge in [-0.05, 0) is 34.1 Å². The van der Waals surface area contributed by atoms with E-state index in [0.717, 1.165) is 13.2 Å². The minimum atomic E-state index is 0.826. The second-order valence-electron chi connectivity index (χ2n) is 4.31. The highest BCUT2D eigenvalue weighted by Crippen LogP contribution is 2.00. The van der Waals surface area contributed by atoms with Gasteiger partial charge in [0, 0.05) is 13.7 Å². The summed E-state index contributed by atoms with van der Waals surface area (Å²) in [4.78, 5) is 2.09. The zero-order valence-corrected chi connectivity index (χ0v) is 14.0. The van der Waals surface area contributed by atoms with Crippen LogP contribution in [0, 0.1) is 0 Å². The average Bonchev–Trinajstić information content (AvgIpc) is 2.39. The predicted molar refractivity (Wildman–Crippen MR) is 84.5 cm³/mol. The van der Waals surface area contributed by atoms with Gasteiger partial charge in [-0.15, -0.1) is 0 Å². The van der Waals surface area contributed by atoms with Gasteiger partial charge in [0.25, 0.3) is 0 Å². The summed E-state index contributed by atoms with van der Waals surface area (Å²) in [7, 11) is 7.78. The topological polar surface area (TPSA) is 24.5 Å². The number of nitrogens with one attached hydrogen (secondary N) is 1. The lowest BCUT2D eigenvalue weighted by Gasteiger charge is -2.06. The van der Waals surface area contributed by atoms with Gasteiger partial charge in [-0.2, -0.15) is 0 Å². The van der Waals surface area contributed by atoms with Crippen LogP contribution in [0.2, 0.25) is 0 Å². The van der Waals surface area contributed by atoms with Crippen LogP contribution in [-0.2, 0) is 4.74 Å². The van der Waals surface area contributed by atoms with E-state index in [1.54, 1.807) is 7.11 Å². The van der Waals surface area contributed by atoms with Crippen LogP contribution in [0.25, 0.3) is 0 Å². The van der Waals surface area contributed by atoms with Gasteiger partial charge in [0.2, 0.25) is 0 Å². The molecule has 0 spiro atoms. The largest absolute Gasteiger partial charge is 0.383 e. The maximum Gasteiger partial charge on any atom is 0.0589 e. The zero-order chi connectivity index (χ0) is 14.6. The van der Waals surface area contributed by atoms with Gasteiger partial charge >= 0.3 is 0 Å². The number of likely N-dealkylation sites (N-methyl/N-ethyl adjacent to an activating group) is 1. The molecule has 114 valence electrons. The van der Waals surface area contributed by atoms with Gasteiger partial charge in [0.1, 0.15) is 0 Å². The molecule has 0 amide bonds. The van der Waals surface area contributed by atoms with Gasteiger partial charge < -0.3 is 15.0 Å². The summed E-state index contributed by atoms with van der Waals surface area (Å²) in [5.74, 6) is 0. The van der Waals surface area contributed by atoms with Crippen molar-refractivity contribution in [2.75, 3.05) is 47.9 Å². The van der Waals surface area contributed by atoms with Crippen LogP contribution < -0.4 is 5.32 Å². The predicted octanol–water partition coefficient (Wildman–Crippen LogP) is 3.40. The third kappa shape index (κ3) is 36.0. The maximum atomic E-state index is 4.81. The van der Waals surface area contributed by atoms with Crippen LogP contribution in [0.5, 0.6) is 0 Å². The fraction of sp³-hybridized carbons (Fsp3) is 1.00. The zero-order valence-electron chi connectivity index (χ0n) is 14.0. The Balaban J connectivity index is -0.000000225. The molecule has 0 atom stereocenters. The first-order chi connectivity index (χ1) is 8.68. The number of unbranched alkanes of at least 4 members (excludes halogenated alkanes) is 4. The molecular weight excluding hydrogens is 224 g/mol. The summed E-state index contributed by atoms with van der Waals surface area (Å²) in [6.07, 6.45) is 6.91. The Morgan fingerprint density at radius 1 is 1.00 bits per heavy atom. The maximum absolute atomic E-state index is 4.81. The molecule has 3 nitrogen and oxygen atoms in total. The molecule has 3 heteroatoms. The van der Waals surface area contributed by atoms with Crippen molar-refractivity contribution in [3.63, 3.8) is 0 Å². The van der Waals surface area contributed by atoms with E-state index in [2.05, 4.69) is 17.1 Å². The number of methoxy groups -OCH3 is 1. The number of nitrogens with zero attached hydrogens (tertiary/aromatic N) is 1. The molecule has 1 N–H and O–H groups in total. The van der Waals surface area contributed by atoms with Crippen LogP contribution in [0.4, 0.5) is 0 Å². The van der Waals surface area contributed by atoms with Crippen molar-refractivity contribution in [3.05, 3.63) is 0 Å². The van der Waals surface area contributed by atoms with Gasteiger partial charge in [-0.3, -0.25) is 0 Å². The first-order valence-corrected chi connectivity index (χ1v) is 7.47. The van der Waals surface area contributed by atoms with Crippen molar-refractivity contribution < 1.29 is 4.74 Å². The third-order valence-corrected chi connectivity index (χ3v) is 2.27. The van der Waals surface area contributed by atoms with E-state index in [-0.39, 0.29) is 0 Å². The Morgan fingerprint density at radius 2 is 1.56 bits per heavy atom. The summed E-state index contributed by atoms with van der Waals surface area (Å²) >= 11 is 0. The Bertz CT molecular complexity index is 103. The van der Waals surface area contributed by atoms with Crippen molar-refractivity contribution in [2.45, 2.75) is 52.9 Å². The molecule has 0 radical (unpaired) electrons. The smallest absolute Gasteiger partial charge is 0.0589 e. The van der Waals surface area contributed by atoms with Crippen molar-refractivity contribution in [1.82, 2.24) is 10.2 Å². The van der Waals surface area contributed by atoms with Crippen LogP contribution in [0.15, 0.2) is 0 Å². The first-order valence-electron chi connectivity index (χ1n) is 7.47. The second-order valence-corrected chi connectivity index (χ2v) is 4.31. The van der Waals surface area contributed by atoms with E-state index >= 15 is 0 Å². The Morgan fingerprint density at radius 3 is 1.89 bits per heavy atom. The molecule has 0 unspecified atom stereocenters. The van der Waals surface area contributed by atoms with Crippen molar-refractivity contribution in [1.29, 1.82) is 0 Å². The minimum Gasteiger partial charge on any atom is -0.383 e. The highest BCUT2D eigenvalue weighted by Gasteiger charge is 1.85. The van der Waals surface area contributed by atoms with E-state index in [1.807, 2.05) is 35.0 Å². The van der Waals surface area contributed by atoms with Gasteiger partial charge in [-0.1, -0.05) is 46.5 Å². The van der Waals surface area contributed by atoms with Gasteiger partial charge in [0.05, 0.1) is 6.61 Å². The van der Waals surface area contributed by atoms with Crippen LogP contribution >= 0.6 is 0 Å².